The summed E-state index contributed by atoms with van der Waals surface area (Å²) in [4.78, 5) is 0. The number of benzene rings is 3. The molecule has 0 aliphatic carbocycles. The molecule has 0 saturated carbocycles. The monoisotopic (exact) mass is 322 g/mol. The molecule has 3 aromatic carbocycles. The molecule has 2 nitrogen and oxygen atoms in total. The Morgan fingerprint density at radius 3 is 2.48 bits per heavy atom. The Kier molecular flexibility index (Phi) is 3.41. The summed E-state index contributed by atoms with van der Waals surface area (Å²) < 4.78 is 16.0. The summed E-state index contributed by atoms with van der Waals surface area (Å²) in [6, 6.07) is 18.6. The van der Waals surface area contributed by atoms with Crippen LogP contribution in [0.5, 0.6) is 0 Å². The smallest absolute Gasteiger partial charge is 0.423 e. The molecule has 0 amide bonds. The lowest BCUT2D eigenvalue weighted by atomic mass is 9.78. The highest BCUT2D eigenvalue weighted by molar-refractivity contribution is 7.26. The van der Waals surface area contributed by atoms with Crippen molar-refractivity contribution in [2.45, 2.75) is 0 Å². The van der Waals surface area contributed by atoms with Gasteiger partial charge in [-0.05, 0) is 23.3 Å². The zero-order chi connectivity index (χ0) is 16.0. The number of thiophene rings is 1. The predicted molar refractivity (Wildman–Crippen MR) is 94.6 cm³/mol. The zero-order valence-electron chi connectivity index (χ0n) is 12.0. The van der Waals surface area contributed by atoms with Gasteiger partial charge < -0.3 is 10.0 Å². The quantitative estimate of drug-likeness (QED) is 0.554. The maximum atomic E-state index is 13.7. The maximum Gasteiger partial charge on any atom is 0.491 e. The van der Waals surface area contributed by atoms with Crippen molar-refractivity contribution in [3.05, 3.63) is 66.5 Å². The van der Waals surface area contributed by atoms with Gasteiger partial charge in [0.1, 0.15) is 5.82 Å². The first-order valence-electron chi connectivity index (χ1n) is 7.21. The van der Waals surface area contributed by atoms with Gasteiger partial charge >= 0.3 is 7.12 Å². The molecule has 0 saturated heterocycles. The summed E-state index contributed by atoms with van der Waals surface area (Å²) in [6.07, 6.45) is 0. The molecule has 5 heteroatoms. The van der Waals surface area contributed by atoms with E-state index in [-0.39, 0.29) is 5.46 Å². The summed E-state index contributed by atoms with van der Waals surface area (Å²) >= 11 is 1.68. The fraction of sp³-hybridized carbons (Fsp3) is 0. The second kappa shape index (κ2) is 5.46. The Bertz CT molecular complexity index is 1030. The Labute approximate surface area is 136 Å². The Morgan fingerprint density at radius 1 is 0.870 bits per heavy atom. The Balaban J connectivity index is 2.01. The molecule has 0 atom stereocenters. The number of hydrogen-bond donors (Lipinski definition) is 2. The van der Waals surface area contributed by atoms with Crippen molar-refractivity contribution in [2.75, 3.05) is 0 Å². The molecule has 0 fully saturated rings. The third kappa shape index (κ3) is 2.34. The zero-order valence-corrected chi connectivity index (χ0v) is 12.8. The van der Waals surface area contributed by atoms with Gasteiger partial charge in [-0.1, -0.05) is 48.5 Å². The van der Waals surface area contributed by atoms with E-state index in [1.54, 1.807) is 17.4 Å². The van der Waals surface area contributed by atoms with Gasteiger partial charge in [0, 0.05) is 25.6 Å². The summed E-state index contributed by atoms with van der Waals surface area (Å²) in [6.45, 7) is 0. The van der Waals surface area contributed by atoms with Crippen LogP contribution in [0, 0.1) is 5.82 Å². The van der Waals surface area contributed by atoms with E-state index in [1.165, 1.54) is 22.2 Å². The van der Waals surface area contributed by atoms with Gasteiger partial charge in [-0.15, -0.1) is 11.3 Å². The van der Waals surface area contributed by atoms with Crippen molar-refractivity contribution in [3.63, 3.8) is 0 Å². The summed E-state index contributed by atoms with van der Waals surface area (Å²) in [5.41, 5.74) is 1.62. The van der Waals surface area contributed by atoms with Crippen molar-refractivity contribution in [1.82, 2.24) is 0 Å². The molecule has 0 aliphatic rings. The Hall–Kier alpha value is -2.21. The van der Waals surface area contributed by atoms with Gasteiger partial charge in [-0.3, -0.25) is 0 Å². The second-order valence-electron chi connectivity index (χ2n) is 5.39. The van der Waals surface area contributed by atoms with Crippen LogP contribution in [0.4, 0.5) is 4.39 Å². The molecule has 0 unspecified atom stereocenters. The lowest BCUT2D eigenvalue weighted by Crippen LogP contribution is -2.32. The number of hydrogen-bond acceptors (Lipinski definition) is 3. The molecule has 0 aliphatic heterocycles. The largest absolute Gasteiger partial charge is 0.491 e. The molecular formula is C18H12BFO2S. The first kappa shape index (κ1) is 14.4. The minimum Gasteiger partial charge on any atom is -0.423 e. The predicted octanol–water partition coefficient (Wildman–Crippen LogP) is 3.54. The average molecular weight is 322 g/mol. The highest BCUT2D eigenvalue weighted by atomic mass is 32.1. The van der Waals surface area contributed by atoms with Crippen LogP contribution in [0.3, 0.4) is 0 Å². The van der Waals surface area contributed by atoms with Crippen LogP contribution in [0.1, 0.15) is 0 Å². The Morgan fingerprint density at radius 2 is 1.65 bits per heavy atom. The number of rotatable bonds is 2. The van der Waals surface area contributed by atoms with Gasteiger partial charge in [0.15, 0.2) is 0 Å². The highest BCUT2D eigenvalue weighted by Gasteiger charge is 2.18. The van der Waals surface area contributed by atoms with E-state index in [0.717, 1.165) is 21.2 Å². The molecule has 4 aromatic rings. The first-order chi connectivity index (χ1) is 11.1. The fourth-order valence-corrected chi connectivity index (χ4v) is 4.12. The molecule has 0 spiro atoms. The third-order valence-corrected chi connectivity index (χ3v) is 5.21. The summed E-state index contributed by atoms with van der Waals surface area (Å²) in [5, 5.41) is 21.0. The van der Waals surface area contributed by atoms with Gasteiger partial charge in [0.05, 0.1) is 0 Å². The van der Waals surface area contributed by atoms with Crippen molar-refractivity contribution in [1.29, 1.82) is 0 Å². The second-order valence-corrected chi connectivity index (χ2v) is 6.44. The molecule has 0 radical (unpaired) electrons. The molecular weight excluding hydrogens is 310 g/mol. The lowest BCUT2D eigenvalue weighted by molar-refractivity contribution is 0.423. The number of halogens is 1. The van der Waals surface area contributed by atoms with Crippen LogP contribution < -0.4 is 5.46 Å². The van der Waals surface area contributed by atoms with E-state index in [1.807, 2.05) is 24.3 Å². The van der Waals surface area contributed by atoms with Crippen molar-refractivity contribution in [2.24, 2.45) is 0 Å². The van der Waals surface area contributed by atoms with Crippen LogP contribution in [0.2, 0.25) is 0 Å². The molecule has 1 aromatic heterocycles. The first-order valence-corrected chi connectivity index (χ1v) is 8.03. The van der Waals surface area contributed by atoms with E-state index in [0.29, 0.717) is 0 Å². The third-order valence-electron chi connectivity index (χ3n) is 3.99. The standard InChI is InChI=1S/C18H12BFO2S/c20-16-9-8-11(10-15(16)19(21)22)12-5-3-6-14-13-4-1-2-7-17(13)23-18(12)14/h1-10,21-22H. The minimum atomic E-state index is -1.82. The molecule has 1 heterocycles. The molecule has 2 N–H and O–H groups in total. The topological polar surface area (TPSA) is 40.5 Å². The molecule has 0 bridgehead atoms. The number of fused-ring (bicyclic) bond motifs is 3. The van der Waals surface area contributed by atoms with Gasteiger partial charge in [0.2, 0.25) is 0 Å². The van der Waals surface area contributed by atoms with Crippen molar-refractivity contribution < 1.29 is 14.4 Å². The lowest BCUT2D eigenvalue weighted by Gasteiger charge is -2.07. The van der Waals surface area contributed by atoms with Crippen LogP contribution in [0.25, 0.3) is 31.3 Å². The van der Waals surface area contributed by atoms with Crippen molar-refractivity contribution in [3.8, 4) is 11.1 Å². The fourth-order valence-electron chi connectivity index (χ4n) is 2.88. The van der Waals surface area contributed by atoms with E-state index in [4.69, 9.17) is 0 Å². The maximum absolute atomic E-state index is 13.7. The van der Waals surface area contributed by atoms with E-state index in [2.05, 4.69) is 18.2 Å². The van der Waals surface area contributed by atoms with Crippen molar-refractivity contribution >= 4 is 44.1 Å². The molecule has 4 rings (SSSR count). The SMILES string of the molecule is OB(O)c1cc(-c2cccc3c2sc2ccccc23)ccc1F. The van der Waals surface area contributed by atoms with Crippen LogP contribution >= 0.6 is 11.3 Å². The van der Waals surface area contributed by atoms with E-state index < -0.39 is 12.9 Å². The van der Waals surface area contributed by atoms with E-state index >= 15 is 0 Å². The highest BCUT2D eigenvalue weighted by Crippen LogP contribution is 2.39. The van der Waals surface area contributed by atoms with Crippen LogP contribution in [-0.2, 0) is 0 Å². The van der Waals surface area contributed by atoms with Gasteiger partial charge in [0.25, 0.3) is 0 Å². The summed E-state index contributed by atoms with van der Waals surface area (Å²) in [5.74, 6) is -0.618. The van der Waals surface area contributed by atoms with Gasteiger partial charge in [-0.2, -0.15) is 0 Å². The molecule has 112 valence electrons. The van der Waals surface area contributed by atoms with Crippen LogP contribution in [0.15, 0.2) is 60.7 Å². The normalized spacial score (nSPS) is 11.3. The molecule has 23 heavy (non-hydrogen) atoms. The average Bonchev–Trinajstić information content (AvgIpc) is 2.94. The summed E-state index contributed by atoms with van der Waals surface area (Å²) in [7, 11) is -1.82. The van der Waals surface area contributed by atoms with E-state index in [9.17, 15) is 14.4 Å². The van der Waals surface area contributed by atoms with Crippen LogP contribution in [-0.4, -0.2) is 17.2 Å². The minimum absolute atomic E-state index is 0.111. The van der Waals surface area contributed by atoms with Gasteiger partial charge in [-0.25, -0.2) is 4.39 Å².